The van der Waals surface area contributed by atoms with E-state index in [9.17, 15) is 4.79 Å². The van der Waals surface area contributed by atoms with Crippen molar-refractivity contribution in [1.82, 2.24) is 15.3 Å². The normalized spacial score (nSPS) is 12.9. The lowest BCUT2D eigenvalue weighted by Gasteiger charge is -2.23. The molecule has 6 heteroatoms. The van der Waals surface area contributed by atoms with Gasteiger partial charge in [0.1, 0.15) is 11.4 Å². The van der Waals surface area contributed by atoms with E-state index in [0.29, 0.717) is 5.92 Å². The van der Waals surface area contributed by atoms with Crippen LogP contribution in [-0.2, 0) is 4.74 Å². The molecule has 0 radical (unpaired) electrons. The van der Waals surface area contributed by atoms with Crippen LogP contribution in [0.2, 0.25) is 0 Å². The predicted molar refractivity (Wildman–Crippen MR) is 113 cm³/mol. The number of nitrogens with one attached hydrogen (secondary N) is 2. The van der Waals surface area contributed by atoms with E-state index in [2.05, 4.69) is 40.1 Å². The number of ether oxygens (including phenoxy) is 1. The molecule has 0 aliphatic carbocycles. The highest BCUT2D eigenvalue weighted by Gasteiger charge is 2.22. The molecule has 1 unspecified atom stereocenters. The van der Waals surface area contributed by atoms with Crippen LogP contribution in [0.5, 0.6) is 0 Å². The van der Waals surface area contributed by atoms with Gasteiger partial charge in [0.2, 0.25) is 0 Å². The summed E-state index contributed by atoms with van der Waals surface area (Å²) in [5.41, 5.74) is 1.34. The minimum atomic E-state index is -0.531. The summed E-state index contributed by atoms with van der Waals surface area (Å²) in [5.74, 6) is 1.38. The Balaban J connectivity index is 2.15. The molecule has 0 saturated carbocycles. The van der Waals surface area contributed by atoms with Crippen molar-refractivity contribution in [2.45, 2.75) is 65.5 Å². The zero-order chi connectivity index (χ0) is 20.0. The average Bonchev–Trinajstić information content (AvgIpc) is 3.01. The third kappa shape index (κ3) is 7.37. The van der Waals surface area contributed by atoms with Crippen LogP contribution >= 0.6 is 15.9 Å². The van der Waals surface area contributed by atoms with Crippen LogP contribution in [0.3, 0.4) is 0 Å². The largest absolute Gasteiger partial charge is 0.444 e. The van der Waals surface area contributed by atoms with E-state index in [4.69, 9.17) is 9.72 Å². The van der Waals surface area contributed by atoms with Gasteiger partial charge in [0.25, 0.3) is 0 Å². The van der Waals surface area contributed by atoms with Gasteiger partial charge in [-0.2, -0.15) is 0 Å². The van der Waals surface area contributed by atoms with Gasteiger partial charge in [0.05, 0.1) is 11.7 Å². The number of amides is 1. The minimum absolute atomic E-state index is 0.209. The summed E-state index contributed by atoms with van der Waals surface area (Å²) in [6.45, 7) is 9.99. The minimum Gasteiger partial charge on any atom is -0.444 e. The summed E-state index contributed by atoms with van der Waals surface area (Å²) < 4.78 is 6.43. The van der Waals surface area contributed by atoms with Crippen molar-refractivity contribution in [2.75, 3.05) is 0 Å². The number of alkyl carbamates (subject to hydrolysis) is 1. The van der Waals surface area contributed by atoms with Gasteiger partial charge in [-0.05, 0) is 45.2 Å². The molecule has 1 aromatic heterocycles. The predicted octanol–water partition coefficient (Wildman–Crippen LogP) is 6.23. The lowest BCUT2D eigenvalue weighted by atomic mass is 10.0. The van der Waals surface area contributed by atoms with Gasteiger partial charge < -0.3 is 15.0 Å². The number of carbonyl (C=O) groups excluding carboxylic acids is 1. The first kappa shape index (κ1) is 21.5. The molecule has 0 bridgehead atoms. The molecule has 1 heterocycles. The molecule has 0 aliphatic heterocycles. The molecule has 27 heavy (non-hydrogen) atoms. The highest BCUT2D eigenvalue weighted by Crippen LogP contribution is 2.25. The summed E-state index contributed by atoms with van der Waals surface area (Å²) >= 11 is 3.49. The van der Waals surface area contributed by atoms with Crippen LogP contribution in [0.15, 0.2) is 34.9 Å². The lowest BCUT2D eigenvalue weighted by molar-refractivity contribution is 0.0498. The van der Waals surface area contributed by atoms with Gasteiger partial charge in [-0.15, -0.1) is 0 Å². The van der Waals surface area contributed by atoms with Crippen molar-refractivity contribution in [3.05, 3.63) is 40.8 Å². The molecule has 0 saturated heterocycles. The Bertz CT molecular complexity index is 750. The van der Waals surface area contributed by atoms with Crippen LogP contribution in [-0.4, -0.2) is 21.7 Å². The Hall–Kier alpha value is -1.82. The number of aromatic amines is 1. The maximum Gasteiger partial charge on any atom is 0.408 e. The number of aromatic nitrogens is 2. The third-order valence-electron chi connectivity index (χ3n) is 4.01. The number of rotatable bonds is 7. The van der Waals surface area contributed by atoms with E-state index in [0.717, 1.165) is 40.8 Å². The van der Waals surface area contributed by atoms with Crippen LogP contribution in [0.25, 0.3) is 11.3 Å². The van der Waals surface area contributed by atoms with E-state index in [1.165, 1.54) is 0 Å². The van der Waals surface area contributed by atoms with E-state index in [1.54, 1.807) is 0 Å². The summed E-state index contributed by atoms with van der Waals surface area (Å²) in [7, 11) is 0. The van der Waals surface area contributed by atoms with Crippen LogP contribution in [0.4, 0.5) is 4.79 Å². The van der Waals surface area contributed by atoms with E-state index in [1.807, 2.05) is 51.2 Å². The molecule has 148 valence electrons. The molecule has 0 fully saturated rings. The van der Waals surface area contributed by atoms with Crippen LogP contribution in [0, 0.1) is 5.92 Å². The smallest absolute Gasteiger partial charge is 0.408 e. The topological polar surface area (TPSA) is 67.0 Å². The maximum absolute atomic E-state index is 12.3. The number of halogens is 1. The van der Waals surface area contributed by atoms with E-state index in [-0.39, 0.29) is 6.04 Å². The SMILES string of the molecule is CC(C)CCCC(NC(=O)OC(C)(C)C)c1nc(-c2cccc(Br)c2)c[nH]1. The molecule has 0 spiro atoms. The molecule has 0 aliphatic rings. The Morgan fingerprint density at radius 3 is 2.67 bits per heavy atom. The van der Waals surface area contributed by atoms with Crippen molar-refractivity contribution in [2.24, 2.45) is 5.92 Å². The second kappa shape index (κ2) is 9.40. The van der Waals surface area contributed by atoms with E-state index < -0.39 is 11.7 Å². The third-order valence-corrected chi connectivity index (χ3v) is 4.51. The van der Waals surface area contributed by atoms with Crippen molar-refractivity contribution >= 4 is 22.0 Å². The Morgan fingerprint density at radius 2 is 2.04 bits per heavy atom. The van der Waals surface area contributed by atoms with Gasteiger partial charge in [0, 0.05) is 16.2 Å². The highest BCUT2D eigenvalue weighted by molar-refractivity contribution is 9.10. The maximum atomic E-state index is 12.3. The Labute approximate surface area is 170 Å². The standard InChI is InChI=1S/C21H30BrN3O2/c1-14(2)8-6-11-17(25-20(26)27-21(3,4)5)19-23-13-18(24-19)15-9-7-10-16(22)12-15/h7,9-10,12-14,17H,6,8,11H2,1-5H3,(H,23,24)(H,25,26). The van der Waals surface area contributed by atoms with Crippen LogP contribution in [0.1, 0.15) is 65.7 Å². The first-order valence-electron chi connectivity index (χ1n) is 9.45. The lowest BCUT2D eigenvalue weighted by Crippen LogP contribution is -2.35. The molecule has 2 rings (SSSR count). The summed E-state index contributed by atoms with van der Waals surface area (Å²) in [4.78, 5) is 20.2. The molecular formula is C21H30BrN3O2. The van der Waals surface area contributed by atoms with Crippen molar-refractivity contribution in [3.8, 4) is 11.3 Å². The Morgan fingerprint density at radius 1 is 1.30 bits per heavy atom. The number of benzene rings is 1. The number of imidazole rings is 1. The van der Waals surface area contributed by atoms with Crippen molar-refractivity contribution < 1.29 is 9.53 Å². The first-order valence-corrected chi connectivity index (χ1v) is 10.2. The second-order valence-electron chi connectivity index (χ2n) is 8.20. The number of hydrogen-bond donors (Lipinski definition) is 2. The highest BCUT2D eigenvalue weighted by atomic mass is 79.9. The zero-order valence-electron chi connectivity index (χ0n) is 16.8. The molecular weight excluding hydrogens is 406 g/mol. The number of hydrogen-bond acceptors (Lipinski definition) is 3. The molecule has 1 amide bonds. The summed E-state index contributed by atoms with van der Waals surface area (Å²) in [6.07, 6.45) is 4.38. The molecule has 1 aromatic carbocycles. The van der Waals surface area contributed by atoms with Gasteiger partial charge >= 0.3 is 6.09 Å². The molecule has 2 aromatic rings. The monoisotopic (exact) mass is 435 g/mol. The number of nitrogens with zero attached hydrogens (tertiary/aromatic N) is 1. The zero-order valence-corrected chi connectivity index (χ0v) is 18.4. The fourth-order valence-electron chi connectivity index (χ4n) is 2.77. The van der Waals surface area contributed by atoms with Gasteiger partial charge in [-0.3, -0.25) is 0 Å². The van der Waals surface area contributed by atoms with Gasteiger partial charge in [-0.1, -0.05) is 54.8 Å². The fourth-order valence-corrected chi connectivity index (χ4v) is 3.17. The number of H-pyrrole nitrogens is 1. The van der Waals surface area contributed by atoms with Gasteiger partial charge in [-0.25, -0.2) is 9.78 Å². The van der Waals surface area contributed by atoms with Gasteiger partial charge in [0.15, 0.2) is 0 Å². The summed E-state index contributed by atoms with van der Waals surface area (Å²) in [6, 6.07) is 7.79. The molecule has 1 atom stereocenters. The van der Waals surface area contributed by atoms with Crippen molar-refractivity contribution in [1.29, 1.82) is 0 Å². The second-order valence-corrected chi connectivity index (χ2v) is 9.12. The quantitative estimate of drug-likeness (QED) is 0.541. The molecule has 2 N–H and O–H groups in total. The van der Waals surface area contributed by atoms with E-state index >= 15 is 0 Å². The Kier molecular flexibility index (Phi) is 7.48. The van der Waals surface area contributed by atoms with Crippen LogP contribution < -0.4 is 5.32 Å². The average molecular weight is 436 g/mol. The number of carbonyl (C=O) groups is 1. The molecule has 5 nitrogen and oxygen atoms in total. The van der Waals surface area contributed by atoms with Crippen molar-refractivity contribution in [3.63, 3.8) is 0 Å². The summed E-state index contributed by atoms with van der Waals surface area (Å²) in [5, 5.41) is 2.98. The first-order chi connectivity index (χ1) is 12.6. The fraction of sp³-hybridized carbons (Fsp3) is 0.524.